The van der Waals surface area contributed by atoms with E-state index in [2.05, 4.69) is 0 Å². The zero-order valence-electron chi connectivity index (χ0n) is 17.5. The molecule has 2 aromatic carbocycles. The fourth-order valence-electron chi connectivity index (χ4n) is 3.69. The summed E-state index contributed by atoms with van der Waals surface area (Å²) < 4.78 is 15.8. The third-order valence-electron chi connectivity index (χ3n) is 5.30. The van der Waals surface area contributed by atoms with Crippen LogP contribution in [0.3, 0.4) is 0 Å². The highest BCUT2D eigenvalue weighted by Gasteiger charge is 2.35. The molecular weight excluding hydrogens is 469 g/mol. The molecule has 0 radical (unpaired) electrons. The van der Waals surface area contributed by atoms with Gasteiger partial charge >= 0.3 is 0 Å². The molecule has 2 heterocycles. The van der Waals surface area contributed by atoms with Crippen LogP contribution in [0.4, 0.5) is 14.9 Å². The molecule has 0 bridgehead atoms. The second-order valence-corrected chi connectivity index (χ2v) is 8.81. The molecule has 0 atom stereocenters. The van der Waals surface area contributed by atoms with Gasteiger partial charge in [0.1, 0.15) is 10.8 Å². The number of nitro groups is 1. The highest BCUT2D eigenvalue weighted by Crippen LogP contribution is 2.35. The fraction of sp³-hybridized carbons (Fsp3) is 0.130. The summed E-state index contributed by atoms with van der Waals surface area (Å²) in [5.41, 5.74) is 2.78. The smallest absolute Gasteiger partial charge is 0.293 e. The number of rotatable bonds is 5. The van der Waals surface area contributed by atoms with Crippen molar-refractivity contribution in [2.24, 2.45) is 0 Å². The lowest BCUT2D eigenvalue weighted by Gasteiger charge is -2.12. The molecule has 0 spiro atoms. The number of thioether (sulfide) groups is 1. The first-order valence-electron chi connectivity index (χ1n) is 9.79. The second kappa shape index (κ2) is 8.84. The van der Waals surface area contributed by atoms with Crippen molar-refractivity contribution < 1.29 is 18.9 Å². The van der Waals surface area contributed by atoms with E-state index in [1.807, 2.05) is 19.9 Å². The number of carbonyl (C=O) groups is 2. The Morgan fingerprint density at radius 1 is 1.15 bits per heavy atom. The van der Waals surface area contributed by atoms with Crippen LogP contribution in [-0.2, 0) is 11.3 Å². The SMILES string of the molecule is Cc1cc(/C=C2\SC(=O)N(Cc3ccccc3F)C2=O)c(C)n1-c1ccc(Cl)c([N+](=O)[O-])c1. The van der Waals surface area contributed by atoms with Gasteiger partial charge in [-0.3, -0.25) is 24.6 Å². The van der Waals surface area contributed by atoms with E-state index in [9.17, 15) is 24.1 Å². The number of carbonyl (C=O) groups excluding carboxylic acids is 2. The zero-order chi connectivity index (χ0) is 23.9. The monoisotopic (exact) mass is 485 g/mol. The first-order valence-corrected chi connectivity index (χ1v) is 11.0. The summed E-state index contributed by atoms with van der Waals surface area (Å²) in [6.45, 7) is 3.49. The number of nitro benzene ring substituents is 1. The molecule has 0 saturated carbocycles. The van der Waals surface area contributed by atoms with Crippen molar-refractivity contribution in [2.75, 3.05) is 0 Å². The van der Waals surface area contributed by atoms with E-state index in [0.29, 0.717) is 11.3 Å². The number of hydrogen-bond acceptors (Lipinski definition) is 5. The Balaban J connectivity index is 1.66. The fourth-order valence-corrected chi connectivity index (χ4v) is 4.70. The van der Waals surface area contributed by atoms with E-state index in [1.54, 1.807) is 22.8 Å². The Labute approximate surface area is 197 Å². The molecule has 7 nitrogen and oxygen atoms in total. The molecule has 10 heteroatoms. The van der Waals surface area contributed by atoms with Crippen molar-refractivity contribution >= 4 is 46.3 Å². The quantitative estimate of drug-likeness (QED) is 0.250. The number of aromatic nitrogens is 1. The second-order valence-electron chi connectivity index (χ2n) is 7.41. The maximum absolute atomic E-state index is 14.0. The molecule has 0 aliphatic carbocycles. The Hall–Kier alpha value is -3.43. The minimum atomic E-state index is -0.549. The summed E-state index contributed by atoms with van der Waals surface area (Å²) in [4.78, 5) is 37.2. The number of nitrogens with zero attached hydrogens (tertiary/aromatic N) is 3. The van der Waals surface area contributed by atoms with Gasteiger partial charge in [0.25, 0.3) is 16.8 Å². The van der Waals surface area contributed by atoms with E-state index in [4.69, 9.17) is 11.6 Å². The maximum Gasteiger partial charge on any atom is 0.293 e. The van der Waals surface area contributed by atoms with Crippen LogP contribution < -0.4 is 0 Å². The predicted octanol–water partition coefficient (Wildman–Crippen LogP) is 6.03. The highest BCUT2D eigenvalue weighted by molar-refractivity contribution is 8.18. The Morgan fingerprint density at radius 2 is 1.88 bits per heavy atom. The summed E-state index contributed by atoms with van der Waals surface area (Å²) >= 11 is 6.72. The van der Waals surface area contributed by atoms with Crippen molar-refractivity contribution in [3.8, 4) is 5.69 Å². The summed E-state index contributed by atoms with van der Waals surface area (Å²) in [5, 5.41) is 10.8. The lowest BCUT2D eigenvalue weighted by Crippen LogP contribution is -2.27. The number of benzene rings is 2. The van der Waals surface area contributed by atoms with E-state index < -0.39 is 21.9 Å². The molecule has 33 heavy (non-hydrogen) atoms. The minimum absolute atomic E-state index is 0.0370. The molecule has 0 unspecified atom stereocenters. The maximum atomic E-state index is 14.0. The number of imide groups is 1. The molecule has 1 aromatic heterocycles. The molecule has 1 aliphatic rings. The van der Waals surface area contributed by atoms with Crippen molar-refractivity contribution in [1.29, 1.82) is 0 Å². The van der Waals surface area contributed by atoms with E-state index in [1.165, 1.54) is 30.3 Å². The van der Waals surface area contributed by atoms with Gasteiger partial charge in [0.2, 0.25) is 0 Å². The van der Waals surface area contributed by atoms with Crippen molar-refractivity contribution in [1.82, 2.24) is 9.47 Å². The largest absolute Gasteiger partial charge is 0.318 e. The number of aryl methyl sites for hydroxylation is 1. The van der Waals surface area contributed by atoms with E-state index >= 15 is 0 Å². The van der Waals surface area contributed by atoms with Gasteiger partial charge < -0.3 is 4.57 Å². The molecule has 1 fully saturated rings. The van der Waals surface area contributed by atoms with Gasteiger partial charge in [-0.05, 0) is 61.5 Å². The highest BCUT2D eigenvalue weighted by atomic mass is 35.5. The van der Waals surface area contributed by atoms with Crippen LogP contribution in [0.2, 0.25) is 5.02 Å². The van der Waals surface area contributed by atoms with Gasteiger partial charge in [-0.25, -0.2) is 4.39 Å². The van der Waals surface area contributed by atoms with Gasteiger partial charge in [0, 0.05) is 23.0 Å². The molecule has 2 amide bonds. The minimum Gasteiger partial charge on any atom is -0.318 e. The third-order valence-corrected chi connectivity index (χ3v) is 6.53. The normalized spacial score (nSPS) is 15.0. The lowest BCUT2D eigenvalue weighted by atomic mass is 10.2. The van der Waals surface area contributed by atoms with Gasteiger partial charge in [-0.1, -0.05) is 29.8 Å². The summed E-state index contributed by atoms with van der Waals surface area (Å²) in [7, 11) is 0. The average molecular weight is 486 g/mol. The first-order chi connectivity index (χ1) is 15.7. The topological polar surface area (TPSA) is 85.5 Å². The van der Waals surface area contributed by atoms with Crippen LogP contribution in [-0.4, -0.2) is 25.5 Å². The average Bonchev–Trinajstić information content (AvgIpc) is 3.19. The number of halogens is 2. The number of amides is 2. The molecule has 1 saturated heterocycles. The van der Waals surface area contributed by atoms with Gasteiger partial charge in [0.05, 0.1) is 22.1 Å². The Morgan fingerprint density at radius 3 is 2.58 bits per heavy atom. The first kappa shape index (κ1) is 22.8. The molecular formula is C23H17ClFN3O4S. The van der Waals surface area contributed by atoms with E-state index in [0.717, 1.165) is 28.0 Å². The van der Waals surface area contributed by atoms with Crippen LogP contribution in [0.25, 0.3) is 11.8 Å². The van der Waals surface area contributed by atoms with Crippen LogP contribution in [0.1, 0.15) is 22.5 Å². The molecule has 3 aromatic rings. The number of hydrogen-bond donors (Lipinski definition) is 0. The third kappa shape index (κ3) is 4.29. The Bertz CT molecular complexity index is 1350. The lowest BCUT2D eigenvalue weighted by molar-refractivity contribution is -0.384. The van der Waals surface area contributed by atoms with Gasteiger partial charge in [-0.15, -0.1) is 0 Å². The van der Waals surface area contributed by atoms with E-state index in [-0.39, 0.29) is 27.7 Å². The van der Waals surface area contributed by atoms with Crippen LogP contribution in [0, 0.1) is 29.8 Å². The predicted molar refractivity (Wildman–Crippen MR) is 125 cm³/mol. The molecule has 4 rings (SSSR count). The van der Waals surface area contributed by atoms with Gasteiger partial charge in [-0.2, -0.15) is 0 Å². The standard InChI is InChI=1S/C23H17ClFN3O4S/c1-13-9-16(14(2)27(13)17-7-8-18(24)20(11-17)28(31)32)10-21-22(29)26(23(30)33-21)12-15-5-3-4-6-19(15)25/h3-11H,12H2,1-2H3/b21-10-. The van der Waals surface area contributed by atoms with Gasteiger partial charge in [0.15, 0.2) is 0 Å². The molecule has 0 N–H and O–H groups in total. The zero-order valence-corrected chi connectivity index (χ0v) is 19.1. The Kier molecular flexibility index (Phi) is 6.09. The van der Waals surface area contributed by atoms with Crippen molar-refractivity contribution in [3.63, 3.8) is 0 Å². The van der Waals surface area contributed by atoms with Crippen LogP contribution in [0.5, 0.6) is 0 Å². The summed E-state index contributed by atoms with van der Waals surface area (Å²) in [6, 6.07) is 12.3. The summed E-state index contributed by atoms with van der Waals surface area (Å²) in [5.74, 6) is -0.985. The molecule has 168 valence electrons. The summed E-state index contributed by atoms with van der Waals surface area (Å²) in [6.07, 6.45) is 1.61. The van der Waals surface area contributed by atoms with Crippen molar-refractivity contribution in [2.45, 2.75) is 20.4 Å². The van der Waals surface area contributed by atoms with Crippen molar-refractivity contribution in [3.05, 3.63) is 96.9 Å². The van der Waals surface area contributed by atoms with Crippen LogP contribution in [0.15, 0.2) is 53.4 Å². The molecule has 1 aliphatic heterocycles. The van der Waals surface area contributed by atoms with Crippen LogP contribution >= 0.6 is 23.4 Å².